The Bertz CT molecular complexity index is 4600. The van der Waals surface area contributed by atoms with E-state index in [0.29, 0.717) is 71.9 Å². The van der Waals surface area contributed by atoms with Gasteiger partial charge in [-0.2, -0.15) is 0 Å². The number of allylic oxidation sites excluding steroid dienone is 19. The second-order valence-electron chi connectivity index (χ2n) is 39.4. The minimum absolute atomic E-state index is 0.0213. The second-order valence-corrected chi connectivity index (χ2v) is 39.4. The normalized spacial score (nSPS) is 15.4. The van der Waals surface area contributed by atoms with Gasteiger partial charge in [0, 0.05) is 136 Å². The summed E-state index contributed by atoms with van der Waals surface area (Å²) in [6.07, 6.45) is 61.5. The number of carbonyl (C=O) groups is 4. The number of quaternary nitrogens is 3. The molecule has 0 saturated heterocycles. The van der Waals surface area contributed by atoms with Crippen LogP contribution in [0, 0.1) is 35.5 Å². The topological polar surface area (TPSA) is 458 Å². The van der Waals surface area contributed by atoms with E-state index in [1.54, 1.807) is 43.1 Å². The summed E-state index contributed by atoms with van der Waals surface area (Å²) in [5.74, 6) is -0.848. The number of hydrogen-bond donors (Lipinski definition) is 14. The van der Waals surface area contributed by atoms with Gasteiger partial charge < -0.3 is 107 Å². The highest BCUT2D eigenvalue weighted by atomic mass is 16.5. The molecule has 12 unspecified atom stereocenters. The van der Waals surface area contributed by atoms with Crippen LogP contribution in [0.15, 0.2) is 182 Å². The Morgan fingerprint density at radius 2 is 1.10 bits per heavy atom. The number of aromatic nitrogens is 4. The molecular weight excluding hydrogens is 1800 g/mol. The smallest absolute Gasteiger partial charge is 0.323 e. The van der Waals surface area contributed by atoms with Crippen molar-refractivity contribution in [2.24, 2.45) is 35.5 Å². The molecular formula is C117H192N9O17-. The average Bonchev–Trinajstić information content (AvgIpc) is 1.67. The van der Waals surface area contributed by atoms with Crippen LogP contribution in [0.4, 0.5) is 0 Å². The van der Waals surface area contributed by atoms with E-state index in [2.05, 4.69) is 160 Å². The lowest BCUT2D eigenvalue weighted by Crippen LogP contribution is -3.05. The number of aryl methyl sites for hydroxylation is 1. The van der Waals surface area contributed by atoms with Crippen LogP contribution in [-0.4, -0.2) is 140 Å². The van der Waals surface area contributed by atoms with Crippen LogP contribution < -0.4 is 47.8 Å². The third kappa shape index (κ3) is 53.4. The van der Waals surface area contributed by atoms with Gasteiger partial charge in [-0.15, -0.1) is 26.3 Å². The largest absolute Gasteiger partial charge is 0.828 e. The summed E-state index contributed by atoms with van der Waals surface area (Å²) >= 11 is 0. The monoisotopic (exact) mass is 2000 g/mol. The number of likely N-dealkylation sites (N-methyl/N-ethyl adjacent to an activating group) is 1. The van der Waals surface area contributed by atoms with Crippen LogP contribution in [0.3, 0.4) is 0 Å². The van der Waals surface area contributed by atoms with Gasteiger partial charge in [0.2, 0.25) is 0 Å². The number of unbranched alkanes of at least 4 members (excludes halogenated alkanes) is 12. The molecule has 12 atom stereocenters. The van der Waals surface area contributed by atoms with Gasteiger partial charge in [-0.05, 0) is 252 Å². The van der Waals surface area contributed by atoms with Crippen LogP contribution in [-0.2, 0) is 38.8 Å². The fraction of sp³-hybridized carbons (Fsp3) is 0.607. The van der Waals surface area contributed by atoms with E-state index in [1.165, 1.54) is 167 Å². The zero-order valence-corrected chi connectivity index (χ0v) is 90.8. The van der Waals surface area contributed by atoms with Gasteiger partial charge in [-0.25, -0.2) is 0 Å². The molecule has 26 heteroatoms. The van der Waals surface area contributed by atoms with Crippen LogP contribution in [0.2, 0.25) is 0 Å². The molecule has 808 valence electrons. The molecule has 0 aliphatic rings. The molecule has 0 spiro atoms. The maximum Gasteiger partial charge on any atom is 0.323 e. The SMILES string of the molecule is C/C=C(\C)CC(CO)n1cc(/C(=C\C(CC)C/C=C(\C)CCCCCCC)C(O)O)c(C([O-])O)c1.C=CC(C)CCCCCC/C(C)=C/C(C=C)/C(C)=C(/C=O)c1cn(CC(=O)O)cc1C([O-])O.C=CCCC(CC)CCCC/C(C)=C/C/C(CC)=C(/CC[NH2+]C([NH3+])C[NH3+])c1cn(CC(C)O)cc1C([O-])O.C=CCCCn1cc(/C(=C\C(/C=C(\C)CCCCCC)C(C)C)CCNC(=O)C(=O)NC)c(C([O-])O)c1. The summed E-state index contributed by atoms with van der Waals surface area (Å²) < 4.78 is 6.74. The number of amides is 2. The zero-order valence-electron chi connectivity index (χ0n) is 90.8. The quantitative estimate of drug-likeness (QED) is 0.00487. The molecule has 0 fully saturated rings. The van der Waals surface area contributed by atoms with Crippen molar-refractivity contribution in [3.05, 3.63) is 226 Å². The molecule has 26 nitrogen and oxygen atoms in total. The van der Waals surface area contributed by atoms with Crippen molar-refractivity contribution < 1.29 is 102 Å². The lowest BCUT2D eigenvalue weighted by atomic mass is 9.88. The lowest BCUT2D eigenvalue weighted by Gasteiger charge is -2.21. The van der Waals surface area contributed by atoms with Crippen LogP contribution in [0.5, 0.6) is 0 Å². The summed E-state index contributed by atoms with van der Waals surface area (Å²) in [7, 11) is 1.41. The molecule has 0 aromatic carbocycles. The fourth-order valence-electron chi connectivity index (χ4n) is 17.5. The molecule has 0 bridgehead atoms. The molecule has 2 amide bonds. The van der Waals surface area contributed by atoms with E-state index in [1.807, 2.05) is 72.7 Å². The molecule has 143 heavy (non-hydrogen) atoms. The van der Waals surface area contributed by atoms with E-state index in [9.17, 15) is 80.5 Å². The molecule has 4 aromatic rings. The van der Waals surface area contributed by atoms with Crippen LogP contribution in [0.25, 0.3) is 22.3 Å². The average molecular weight is 2000 g/mol. The van der Waals surface area contributed by atoms with Crippen molar-refractivity contribution >= 4 is 46.4 Å². The van der Waals surface area contributed by atoms with E-state index >= 15 is 0 Å². The minimum atomic E-state index is -2.08. The molecule has 4 heterocycles. The molecule has 19 N–H and O–H groups in total. The van der Waals surface area contributed by atoms with Gasteiger partial charge in [0.15, 0.2) is 19.1 Å². The number of carbonyl (C=O) groups excluding carboxylic acids is 3. The lowest BCUT2D eigenvalue weighted by molar-refractivity contribution is -0.826. The number of hydrogen-bond acceptors (Lipinski definition) is 16. The predicted octanol–water partition coefficient (Wildman–Crippen LogP) is 16.6. The number of nitrogens with two attached hydrogens (primary N) is 1. The highest BCUT2D eigenvalue weighted by Gasteiger charge is 2.26. The Morgan fingerprint density at radius 1 is 0.559 bits per heavy atom. The molecule has 0 aliphatic carbocycles. The number of carboxylic acids is 1. The first kappa shape index (κ1) is 132. The Hall–Kier alpha value is -8.78. The predicted molar refractivity (Wildman–Crippen MR) is 575 cm³/mol. The van der Waals surface area contributed by atoms with E-state index in [4.69, 9.17) is 5.11 Å². The van der Waals surface area contributed by atoms with Gasteiger partial charge >= 0.3 is 17.8 Å². The van der Waals surface area contributed by atoms with Crippen molar-refractivity contribution in [3.63, 3.8) is 0 Å². The zero-order chi connectivity index (χ0) is 108. The van der Waals surface area contributed by atoms with Gasteiger partial charge in [0.25, 0.3) is 6.17 Å². The number of aliphatic hydroxyl groups is 8. The first-order valence-corrected chi connectivity index (χ1v) is 53.2. The molecule has 0 aliphatic heterocycles. The van der Waals surface area contributed by atoms with Gasteiger partial charge in [0.05, 0.1) is 25.3 Å². The first-order chi connectivity index (χ1) is 68.1. The van der Waals surface area contributed by atoms with Crippen molar-refractivity contribution in [1.29, 1.82) is 0 Å². The first-order valence-electron chi connectivity index (χ1n) is 53.2. The van der Waals surface area contributed by atoms with Gasteiger partial charge in [-0.1, -0.05) is 245 Å². The van der Waals surface area contributed by atoms with Crippen molar-refractivity contribution in [3.8, 4) is 0 Å². The summed E-state index contributed by atoms with van der Waals surface area (Å²) in [6, 6.07) is -0.320. The summed E-state index contributed by atoms with van der Waals surface area (Å²) in [6.45, 7) is 51.2. The number of aldehydes is 1. The number of nitrogens with one attached hydrogen (secondary N) is 2. The molecule has 4 rings (SSSR count). The maximum absolute atomic E-state index is 12.2. The number of carboxylic acid groups (broad SMARTS) is 1. The highest BCUT2D eigenvalue weighted by Crippen LogP contribution is 2.38. The summed E-state index contributed by atoms with van der Waals surface area (Å²) in [5.41, 5.74) is 21.7. The van der Waals surface area contributed by atoms with Gasteiger partial charge in [-0.3, -0.25) is 24.5 Å². The molecule has 0 saturated carbocycles. The van der Waals surface area contributed by atoms with Crippen LogP contribution >= 0.6 is 0 Å². The van der Waals surface area contributed by atoms with Crippen molar-refractivity contribution in [1.82, 2.24) is 28.9 Å². The van der Waals surface area contributed by atoms with Crippen molar-refractivity contribution in [2.75, 3.05) is 33.3 Å². The second kappa shape index (κ2) is 76.7. The highest BCUT2D eigenvalue weighted by molar-refractivity contribution is 6.35. The van der Waals surface area contributed by atoms with Crippen molar-refractivity contribution in [2.45, 2.75) is 392 Å². The third-order valence-electron chi connectivity index (χ3n) is 26.8. The molecule has 4 aromatic heterocycles. The minimum Gasteiger partial charge on any atom is -0.828 e. The number of rotatable bonds is 71. The Labute approximate surface area is 859 Å². The van der Waals surface area contributed by atoms with Gasteiger partial charge in [0.1, 0.15) is 6.54 Å². The third-order valence-corrected chi connectivity index (χ3v) is 26.8. The van der Waals surface area contributed by atoms with Crippen LogP contribution in [0.1, 0.15) is 398 Å². The fourth-order valence-corrected chi connectivity index (χ4v) is 17.5. The summed E-state index contributed by atoms with van der Waals surface area (Å²) in [5, 5.41) is 144. The Kier molecular flexibility index (Phi) is 71.0. The van der Waals surface area contributed by atoms with E-state index < -0.39 is 55.3 Å². The van der Waals surface area contributed by atoms with E-state index in [0.717, 1.165) is 131 Å². The Morgan fingerprint density at radius 3 is 1.62 bits per heavy atom. The standard InChI is InChI=1S/C31H55N4O3.C30H48N3O4.C29H48NO5.C27H38NO5/c1-6-9-13-25(7-2)14-11-10-12-23(4)15-16-26(8-3)27(17-18-34-30(33)19-32)28-21-35(20-24(5)36)22-29(28)31(37)38;1-7-9-11-12-14-23(5)18-25(22(3)4)19-24(15-16-32-29(35)28(34)31-6)26-20-33(17-13-10-8-2)21-27(26)30(36)37;1-6-9-10-11-12-13-22(5)14-15-23(8-3)17-25(28(32)33)26-18-30(19-27(26)29(34)35)24(20-31)16-21(4)7-2;1-6-19(3)12-10-8-9-11-13-20(4)14-22(7-2)21(5)25(18-29)23-15-28(17-26(30)31)16-24(23)27(32)33/h6,15,21-22,24-25,30-31,34,36-37H,1,7-14,16-20,32-33H2,2-5H3;8,18-22,25,30,36H,2,7,9-17H2,1,3-6H3,(H,31,34)(H,32,35);7,14,17-19,23-24,28-29,31-34H,6,8-13,15-16,20H2,1-5H3;6-7,14-16,18-19,22,27,32H,1-2,8-13,17H2,3-5H3,(H,30,31)/q4*-1/p+3/b23-15+,27-26-;23-18+,24-19-;21-7+,22-14+,25-17+;20-14+,25-21-. The molecule has 0 radical (unpaired) electrons. The van der Waals surface area contributed by atoms with E-state index in [-0.39, 0.29) is 77.5 Å². The number of aliphatic hydroxyl groups excluding tert-OH is 7. The summed E-state index contributed by atoms with van der Waals surface area (Å²) in [4.78, 5) is 46.6. The maximum atomic E-state index is 12.2. The Balaban J connectivity index is 0.000000955. The number of aliphatic carboxylic acids is 1. The number of nitrogens with zero attached hydrogens (tertiary/aromatic N) is 4.